The highest BCUT2D eigenvalue weighted by molar-refractivity contribution is 5.04. The summed E-state index contributed by atoms with van der Waals surface area (Å²) in [5.74, 6) is 0. The molecular weight excluding hydrogens is 178 g/mol. The molecular formula is C10H17N3O. The number of nitrogens with one attached hydrogen (secondary N) is 1. The fourth-order valence-corrected chi connectivity index (χ4v) is 1.24. The van der Waals surface area contributed by atoms with Gasteiger partial charge in [0.25, 0.3) is 0 Å². The average molecular weight is 195 g/mol. The number of hydrogen-bond acceptors (Lipinski definition) is 4. The highest BCUT2D eigenvalue weighted by Gasteiger charge is 2.10. The van der Waals surface area contributed by atoms with E-state index in [4.69, 9.17) is 4.74 Å². The van der Waals surface area contributed by atoms with Crippen LogP contribution in [0.5, 0.6) is 0 Å². The number of aromatic nitrogens is 2. The van der Waals surface area contributed by atoms with Crippen molar-refractivity contribution in [1.82, 2.24) is 15.3 Å². The van der Waals surface area contributed by atoms with Crippen LogP contribution in [-0.4, -0.2) is 29.7 Å². The molecule has 0 saturated heterocycles. The number of rotatable bonds is 6. The van der Waals surface area contributed by atoms with E-state index in [1.54, 1.807) is 12.5 Å². The Morgan fingerprint density at radius 2 is 2.36 bits per heavy atom. The summed E-state index contributed by atoms with van der Waals surface area (Å²) in [6.07, 6.45) is 3.31. The van der Waals surface area contributed by atoms with Crippen LogP contribution in [0.15, 0.2) is 18.6 Å². The van der Waals surface area contributed by atoms with Crippen LogP contribution in [0.4, 0.5) is 0 Å². The Kier molecular flexibility index (Phi) is 5.11. The SMILES string of the molecule is CCNC(COCC)c1ccncn1. The van der Waals surface area contributed by atoms with Crippen molar-refractivity contribution in [2.24, 2.45) is 0 Å². The highest BCUT2D eigenvalue weighted by Crippen LogP contribution is 2.08. The lowest BCUT2D eigenvalue weighted by Crippen LogP contribution is -2.26. The van der Waals surface area contributed by atoms with Gasteiger partial charge in [-0.2, -0.15) is 0 Å². The number of nitrogens with zero attached hydrogens (tertiary/aromatic N) is 2. The topological polar surface area (TPSA) is 47.0 Å². The van der Waals surface area contributed by atoms with E-state index in [2.05, 4.69) is 22.2 Å². The van der Waals surface area contributed by atoms with Gasteiger partial charge in [-0.3, -0.25) is 0 Å². The first kappa shape index (κ1) is 11.1. The lowest BCUT2D eigenvalue weighted by molar-refractivity contribution is 0.122. The Labute approximate surface area is 84.7 Å². The highest BCUT2D eigenvalue weighted by atomic mass is 16.5. The van der Waals surface area contributed by atoms with E-state index in [0.717, 1.165) is 18.8 Å². The molecule has 1 aromatic rings. The van der Waals surface area contributed by atoms with E-state index >= 15 is 0 Å². The first-order valence-corrected chi connectivity index (χ1v) is 4.95. The van der Waals surface area contributed by atoms with Crippen LogP contribution in [0.1, 0.15) is 25.6 Å². The van der Waals surface area contributed by atoms with E-state index in [1.165, 1.54) is 0 Å². The van der Waals surface area contributed by atoms with Gasteiger partial charge in [-0.25, -0.2) is 9.97 Å². The van der Waals surface area contributed by atoms with Crippen molar-refractivity contribution in [3.05, 3.63) is 24.3 Å². The van der Waals surface area contributed by atoms with Gasteiger partial charge in [-0.15, -0.1) is 0 Å². The van der Waals surface area contributed by atoms with Crippen LogP contribution >= 0.6 is 0 Å². The molecule has 0 spiro atoms. The summed E-state index contributed by atoms with van der Waals surface area (Å²) in [4.78, 5) is 8.09. The van der Waals surface area contributed by atoms with Crippen molar-refractivity contribution in [3.63, 3.8) is 0 Å². The third kappa shape index (κ3) is 3.40. The maximum atomic E-state index is 5.38. The van der Waals surface area contributed by atoms with Gasteiger partial charge in [-0.05, 0) is 19.5 Å². The van der Waals surface area contributed by atoms with Gasteiger partial charge in [0.05, 0.1) is 18.3 Å². The summed E-state index contributed by atoms with van der Waals surface area (Å²) >= 11 is 0. The molecule has 0 amide bonds. The van der Waals surface area contributed by atoms with Gasteiger partial charge in [0.15, 0.2) is 0 Å². The summed E-state index contributed by atoms with van der Waals surface area (Å²) in [6, 6.07) is 2.08. The van der Waals surface area contributed by atoms with Crippen LogP contribution in [0.2, 0.25) is 0 Å². The van der Waals surface area contributed by atoms with Gasteiger partial charge < -0.3 is 10.1 Å². The fourth-order valence-electron chi connectivity index (χ4n) is 1.24. The van der Waals surface area contributed by atoms with Crippen molar-refractivity contribution in [1.29, 1.82) is 0 Å². The average Bonchev–Trinajstić information content (AvgIpc) is 2.25. The molecule has 1 N–H and O–H groups in total. The van der Waals surface area contributed by atoms with Gasteiger partial charge in [0, 0.05) is 12.8 Å². The molecule has 1 heterocycles. The maximum absolute atomic E-state index is 5.38. The van der Waals surface area contributed by atoms with Crippen molar-refractivity contribution in [3.8, 4) is 0 Å². The Hall–Kier alpha value is -1.00. The molecule has 4 heteroatoms. The Balaban J connectivity index is 2.58. The van der Waals surface area contributed by atoms with Crippen LogP contribution < -0.4 is 5.32 Å². The number of hydrogen-bond donors (Lipinski definition) is 1. The zero-order valence-corrected chi connectivity index (χ0v) is 8.73. The summed E-state index contributed by atoms with van der Waals surface area (Å²) in [6.45, 7) is 6.35. The van der Waals surface area contributed by atoms with E-state index in [1.807, 2.05) is 13.0 Å². The minimum Gasteiger partial charge on any atom is -0.380 e. The quantitative estimate of drug-likeness (QED) is 0.740. The van der Waals surface area contributed by atoms with Crippen LogP contribution in [0.25, 0.3) is 0 Å². The molecule has 0 aliphatic heterocycles. The molecule has 0 aliphatic carbocycles. The predicted octanol–water partition coefficient (Wildman–Crippen LogP) is 1.16. The first-order chi connectivity index (χ1) is 6.88. The number of likely N-dealkylation sites (N-methyl/N-ethyl adjacent to an activating group) is 1. The molecule has 0 radical (unpaired) electrons. The second-order valence-corrected chi connectivity index (χ2v) is 2.90. The zero-order chi connectivity index (χ0) is 10.2. The molecule has 1 atom stereocenters. The molecule has 0 aliphatic rings. The smallest absolute Gasteiger partial charge is 0.115 e. The summed E-state index contributed by atoms with van der Waals surface area (Å²) in [5, 5.41) is 3.32. The molecule has 1 aromatic heterocycles. The maximum Gasteiger partial charge on any atom is 0.115 e. The first-order valence-electron chi connectivity index (χ1n) is 4.95. The Morgan fingerprint density at radius 1 is 1.50 bits per heavy atom. The molecule has 0 saturated carbocycles. The monoisotopic (exact) mass is 195 g/mol. The van der Waals surface area contributed by atoms with Gasteiger partial charge in [0.1, 0.15) is 6.33 Å². The molecule has 14 heavy (non-hydrogen) atoms. The van der Waals surface area contributed by atoms with E-state index in [9.17, 15) is 0 Å². The van der Waals surface area contributed by atoms with Gasteiger partial charge in [0.2, 0.25) is 0 Å². The van der Waals surface area contributed by atoms with Crippen LogP contribution in [0, 0.1) is 0 Å². The third-order valence-corrected chi connectivity index (χ3v) is 1.90. The van der Waals surface area contributed by atoms with Gasteiger partial charge >= 0.3 is 0 Å². The van der Waals surface area contributed by atoms with Crippen molar-refractivity contribution in [2.45, 2.75) is 19.9 Å². The zero-order valence-electron chi connectivity index (χ0n) is 8.73. The lowest BCUT2D eigenvalue weighted by Gasteiger charge is -2.16. The molecule has 1 unspecified atom stereocenters. The number of ether oxygens (including phenoxy) is 1. The van der Waals surface area contributed by atoms with Crippen LogP contribution in [0.3, 0.4) is 0 Å². The van der Waals surface area contributed by atoms with Crippen LogP contribution in [-0.2, 0) is 4.74 Å². The normalized spacial score (nSPS) is 12.7. The van der Waals surface area contributed by atoms with E-state index in [-0.39, 0.29) is 6.04 Å². The van der Waals surface area contributed by atoms with E-state index in [0.29, 0.717) is 6.61 Å². The lowest BCUT2D eigenvalue weighted by atomic mass is 10.2. The minimum absolute atomic E-state index is 0.169. The van der Waals surface area contributed by atoms with E-state index < -0.39 is 0 Å². The summed E-state index contributed by atoms with van der Waals surface area (Å²) in [7, 11) is 0. The third-order valence-electron chi connectivity index (χ3n) is 1.90. The second kappa shape index (κ2) is 6.45. The molecule has 0 aromatic carbocycles. The van der Waals surface area contributed by atoms with Crippen molar-refractivity contribution < 1.29 is 4.74 Å². The van der Waals surface area contributed by atoms with Crippen molar-refractivity contribution >= 4 is 0 Å². The largest absolute Gasteiger partial charge is 0.380 e. The molecule has 4 nitrogen and oxygen atoms in total. The van der Waals surface area contributed by atoms with Crippen molar-refractivity contribution in [2.75, 3.05) is 19.8 Å². The summed E-state index contributed by atoms with van der Waals surface area (Å²) in [5.41, 5.74) is 0.982. The Morgan fingerprint density at radius 3 is 2.93 bits per heavy atom. The molecule has 0 bridgehead atoms. The van der Waals surface area contributed by atoms with Gasteiger partial charge in [-0.1, -0.05) is 6.92 Å². The minimum atomic E-state index is 0.169. The second-order valence-electron chi connectivity index (χ2n) is 2.90. The fraction of sp³-hybridized carbons (Fsp3) is 0.600. The molecule has 1 rings (SSSR count). The standard InChI is InChI=1S/C10H17N3O/c1-3-12-10(7-14-4-2)9-5-6-11-8-13-9/h5-6,8,10,12H,3-4,7H2,1-2H3. The predicted molar refractivity (Wildman–Crippen MR) is 54.9 cm³/mol. The summed E-state index contributed by atoms with van der Waals surface area (Å²) < 4.78 is 5.38. The molecule has 78 valence electrons. The Bertz CT molecular complexity index is 240. The molecule has 0 fully saturated rings.